The van der Waals surface area contributed by atoms with Crippen LogP contribution in [0.15, 0.2) is 78.9 Å². The van der Waals surface area contributed by atoms with Crippen molar-refractivity contribution in [2.24, 2.45) is 11.7 Å². The molecule has 0 heterocycles. The lowest BCUT2D eigenvalue weighted by molar-refractivity contribution is -0.118. The van der Waals surface area contributed by atoms with E-state index < -0.39 is 38.2 Å². The SMILES string of the molecule is C#CCOC(=O)N(C)Cc1cc(NC(=O)[C@H](CCCNC(N)=O)NC[C@@H](NC(=O)OC(C)(C)C)C(C)C)ccc1CO[Si](c1ccccc1)(c1ccccc1)C(C)(C)C. The fourth-order valence-corrected chi connectivity index (χ4v) is 11.3. The van der Waals surface area contributed by atoms with Gasteiger partial charge >= 0.3 is 18.2 Å². The Kier molecular flexibility index (Phi) is 18.0. The lowest BCUT2D eigenvalue weighted by atomic mass is 10.0. The maximum Gasteiger partial charge on any atom is 0.410 e. The predicted molar refractivity (Wildman–Crippen MR) is 236 cm³/mol. The first-order valence-corrected chi connectivity index (χ1v) is 21.9. The first-order chi connectivity index (χ1) is 27.8. The highest BCUT2D eigenvalue weighted by Crippen LogP contribution is 2.37. The van der Waals surface area contributed by atoms with Crippen LogP contribution in [-0.2, 0) is 31.8 Å². The Labute approximate surface area is 351 Å². The molecule has 0 aliphatic rings. The van der Waals surface area contributed by atoms with Crippen LogP contribution >= 0.6 is 0 Å². The molecule has 14 heteroatoms. The topological polar surface area (TPSA) is 173 Å². The van der Waals surface area contributed by atoms with Gasteiger partial charge in [-0.1, -0.05) is 107 Å². The third kappa shape index (κ3) is 14.8. The summed E-state index contributed by atoms with van der Waals surface area (Å²) >= 11 is 0. The number of nitrogens with zero attached hydrogens (tertiary/aromatic N) is 1. The normalized spacial score (nSPS) is 12.8. The molecule has 3 aromatic rings. The second-order valence-electron chi connectivity index (χ2n) is 16.9. The van der Waals surface area contributed by atoms with E-state index in [-0.39, 0.29) is 55.8 Å². The van der Waals surface area contributed by atoms with Crippen molar-refractivity contribution in [1.29, 1.82) is 0 Å². The van der Waals surface area contributed by atoms with Crippen LogP contribution in [-0.4, -0.2) is 81.8 Å². The number of urea groups is 1. The Hall–Kier alpha value is -5.36. The molecular formula is C45H64N6O7Si. The number of primary amides is 1. The minimum absolute atomic E-state index is 0.0146. The molecule has 0 fully saturated rings. The molecule has 0 unspecified atom stereocenters. The summed E-state index contributed by atoms with van der Waals surface area (Å²) in [6, 6.07) is 24.5. The Bertz CT molecular complexity index is 1830. The van der Waals surface area contributed by atoms with Gasteiger partial charge in [-0.25, -0.2) is 14.4 Å². The van der Waals surface area contributed by atoms with Crippen molar-refractivity contribution in [3.8, 4) is 12.3 Å². The van der Waals surface area contributed by atoms with Crippen LogP contribution in [0.2, 0.25) is 5.04 Å². The van der Waals surface area contributed by atoms with Crippen molar-refractivity contribution >= 4 is 48.5 Å². The summed E-state index contributed by atoms with van der Waals surface area (Å²) in [5.41, 5.74) is 6.66. The molecule has 320 valence electrons. The summed E-state index contributed by atoms with van der Waals surface area (Å²) in [5.74, 6) is 2.01. The van der Waals surface area contributed by atoms with Gasteiger partial charge in [0, 0.05) is 38.4 Å². The highest BCUT2D eigenvalue weighted by atomic mass is 28.4. The van der Waals surface area contributed by atoms with E-state index in [0.29, 0.717) is 18.5 Å². The Morgan fingerprint density at radius 1 is 0.898 bits per heavy atom. The molecule has 0 aromatic heterocycles. The summed E-state index contributed by atoms with van der Waals surface area (Å²) in [7, 11) is -1.32. The van der Waals surface area contributed by atoms with Gasteiger partial charge in [-0.3, -0.25) is 4.79 Å². The standard InChI is InChI=1S/C45H64N6O7Si/c1-11-27-56-43(55)51(10)30-34-28-35(25-24-33(34)31-57-59(45(7,8)9,36-19-14-12-15-20-36)37-21-16-13-17-22-37)49-40(52)38(23-18-26-47-41(46)53)48-29-39(32(2)3)50-42(54)58-44(4,5)6/h1,12-17,19-22,24-25,28,32,38-39,48H,18,23,26-27,29-31H2,2-10H3,(H,49,52)(H,50,54)(H3,46,47,53)/t38-,39+/m0/s1. The van der Waals surface area contributed by atoms with Gasteiger partial charge in [0.15, 0.2) is 6.61 Å². The number of nitrogens with two attached hydrogens (primary N) is 1. The molecule has 59 heavy (non-hydrogen) atoms. The largest absolute Gasteiger partial charge is 0.444 e. The van der Waals surface area contributed by atoms with Crippen molar-refractivity contribution in [2.45, 2.75) is 104 Å². The fraction of sp³-hybridized carbons (Fsp3) is 0.467. The summed E-state index contributed by atoms with van der Waals surface area (Å²) < 4.78 is 18.0. The number of anilines is 1. The lowest BCUT2D eigenvalue weighted by Gasteiger charge is -2.43. The van der Waals surface area contributed by atoms with Gasteiger partial charge in [-0.05, 0) is 78.2 Å². The second-order valence-corrected chi connectivity index (χ2v) is 21.2. The average Bonchev–Trinajstić information content (AvgIpc) is 3.16. The van der Waals surface area contributed by atoms with E-state index in [1.54, 1.807) is 27.8 Å². The van der Waals surface area contributed by atoms with Crippen molar-refractivity contribution in [1.82, 2.24) is 20.9 Å². The van der Waals surface area contributed by atoms with Gasteiger partial charge in [0.05, 0.1) is 12.6 Å². The molecule has 6 N–H and O–H groups in total. The molecule has 5 amide bonds. The number of rotatable bonds is 19. The van der Waals surface area contributed by atoms with Crippen LogP contribution in [0, 0.1) is 18.3 Å². The smallest absolute Gasteiger partial charge is 0.410 e. The molecule has 0 saturated heterocycles. The highest BCUT2D eigenvalue weighted by molar-refractivity contribution is 6.99. The van der Waals surface area contributed by atoms with Gasteiger partial charge in [0.2, 0.25) is 5.91 Å². The van der Waals surface area contributed by atoms with Gasteiger partial charge < -0.3 is 45.8 Å². The zero-order valence-corrected chi connectivity index (χ0v) is 37.1. The van der Waals surface area contributed by atoms with Crippen LogP contribution in [0.4, 0.5) is 20.1 Å². The zero-order valence-electron chi connectivity index (χ0n) is 36.1. The quantitative estimate of drug-likeness (QED) is 0.0568. The molecule has 0 aliphatic heterocycles. The summed E-state index contributed by atoms with van der Waals surface area (Å²) in [4.78, 5) is 52.4. The number of alkyl carbamates (subject to hydrolysis) is 1. The minimum atomic E-state index is -2.94. The number of amides is 5. The van der Waals surface area contributed by atoms with Gasteiger partial charge in [0.25, 0.3) is 8.32 Å². The van der Waals surface area contributed by atoms with Crippen molar-refractivity contribution in [2.75, 3.05) is 32.1 Å². The van der Waals surface area contributed by atoms with E-state index in [4.69, 9.17) is 26.1 Å². The number of ether oxygens (including phenoxy) is 2. The van der Waals surface area contributed by atoms with Crippen LogP contribution in [0.5, 0.6) is 0 Å². The molecule has 0 spiro atoms. The average molecular weight is 829 g/mol. The Morgan fingerprint density at radius 3 is 2.03 bits per heavy atom. The lowest BCUT2D eigenvalue weighted by Crippen LogP contribution is -2.66. The number of carbonyl (C=O) groups is 4. The van der Waals surface area contributed by atoms with E-state index in [9.17, 15) is 19.2 Å². The van der Waals surface area contributed by atoms with E-state index in [1.165, 1.54) is 4.90 Å². The number of terminal acetylenes is 1. The monoisotopic (exact) mass is 828 g/mol. The molecule has 0 aliphatic carbocycles. The van der Waals surface area contributed by atoms with Crippen LogP contribution in [0.3, 0.4) is 0 Å². The summed E-state index contributed by atoms with van der Waals surface area (Å²) in [6.07, 6.45) is 5.01. The fourth-order valence-electron chi connectivity index (χ4n) is 6.73. The van der Waals surface area contributed by atoms with E-state index >= 15 is 0 Å². The highest BCUT2D eigenvalue weighted by Gasteiger charge is 2.50. The van der Waals surface area contributed by atoms with Crippen molar-refractivity contribution in [3.05, 3.63) is 90.0 Å². The maximum absolute atomic E-state index is 14.0. The number of hydrogen-bond donors (Lipinski definition) is 5. The summed E-state index contributed by atoms with van der Waals surface area (Å²) in [6.45, 7) is 16.7. The van der Waals surface area contributed by atoms with Crippen LogP contribution in [0.1, 0.15) is 79.4 Å². The molecule has 2 atom stereocenters. The summed E-state index contributed by atoms with van der Waals surface area (Å²) in [5, 5.41) is 13.8. The number of benzene rings is 3. The van der Waals surface area contributed by atoms with E-state index in [1.807, 2.05) is 68.4 Å². The second kappa shape index (κ2) is 22.1. The molecule has 3 aromatic carbocycles. The first kappa shape index (κ1) is 48.0. The molecule has 0 radical (unpaired) electrons. The third-order valence-corrected chi connectivity index (χ3v) is 14.7. The van der Waals surface area contributed by atoms with Crippen LogP contribution in [0.25, 0.3) is 0 Å². The zero-order chi connectivity index (χ0) is 43.8. The van der Waals surface area contributed by atoms with E-state index in [0.717, 1.165) is 21.5 Å². The van der Waals surface area contributed by atoms with Gasteiger partial charge in [-0.2, -0.15) is 0 Å². The molecule has 0 bridgehead atoms. The Morgan fingerprint density at radius 2 is 1.51 bits per heavy atom. The molecule has 3 rings (SSSR count). The van der Waals surface area contributed by atoms with Gasteiger partial charge in [0.1, 0.15) is 5.60 Å². The van der Waals surface area contributed by atoms with E-state index in [2.05, 4.69) is 72.2 Å². The minimum Gasteiger partial charge on any atom is -0.444 e. The Balaban J connectivity index is 1.98. The molecule has 0 saturated carbocycles. The molecule has 13 nitrogen and oxygen atoms in total. The maximum atomic E-state index is 14.0. The number of carbonyl (C=O) groups excluding carboxylic acids is 4. The predicted octanol–water partition coefficient (Wildman–Crippen LogP) is 5.86. The first-order valence-electron chi connectivity index (χ1n) is 20.0. The third-order valence-electron chi connectivity index (χ3n) is 9.71. The van der Waals surface area contributed by atoms with Crippen LogP contribution < -0.4 is 37.4 Å². The van der Waals surface area contributed by atoms with Crippen molar-refractivity contribution in [3.63, 3.8) is 0 Å². The van der Waals surface area contributed by atoms with Gasteiger partial charge in [-0.15, -0.1) is 6.42 Å². The molecular weight excluding hydrogens is 765 g/mol. The number of hydrogen-bond acceptors (Lipinski definition) is 8. The number of nitrogens with one attached hydrogen (secondary N) is 4. The van der Waals surface area contributed by atoms with Crippen molar-refractivity contribution < 1.29 is 33.1 Å².